The minimum absolute atomic E-state index is 0.144. The number of para-hydroxylation sites is 2. The summed E-state index contributed by atoms with van der Waals surface area (Å²) in [6, 6.07) is 12.8. The second-order valence-electron chi connectivity index (χ2n) is 5.59. The van der Waals surface area contributed by atoms with Crippen LogP contribution in [0.3, 0.4) is 0 Å². The van der Waals surface area contributed by atoms with Gasteiger partial charge in [0.1, 0.15) is 6.61 Å². The molecular weight excluding hydrogens is 336 g/mol. The van der Waals surface area contributed by atoms with Gasteiger partial charge >= 0.3 is 0 Å². The van der Waals surface area contributed by atoms with Gasteiger partial charge in [-0.05, 0) is 35.9 Å². The second-order valence-corrected chi connectivity index (χ2v) is 5.59. The average Bonchev–Trinajstić information content (AvgIpc) is 3.15. The first-order valence-electron chi connectivity index (χ1n) is 8.07. The Morgan fingerprint density at radius 3 is 2.77 bits per heavy atom. The molecule has 2 aromatic carbocycles. The summed E-state index contributed by atoms with van der Waals surface area (Å²) in [6.07, 6.45) is 4.30. The van der Waals surface area contributed by atoms with Gasteiger partial charge in [-0.15, -0.1) is 0 Å². The molecule has 26 heavy (non-hydrogen) atoms. The number of nitrogens with one attached hydrogen (secondary N) is 1. The van der Waals surface area contributed by atoms with Gasteiger partial charge in [-0.3, -0.25) is 4.79 Å². The molecule has 0 bridgehead atoms. The van der Waals surface area contributed by atoms with Crippen molar-refractivity contribution >= 4 is 18.2 Å². The third kappa shape index (κ3) is 3.46. The molecule has 1 N–H and O–H groups in total. The molecular formula is C19H16N2O5. The number of hydrogen-bond acceptors (Lipinski definition) is 6. The summed E-state index contributed by atoms with van der Waals surface area (Å²) < 4.78 is 21.7. The van der Waals surface area contributed by atoms with Crippen LogP contribution in [-0.4, -0.2) is 31.6 Å². The van der Waals surface area contributed by atoms with Crippen molar-refractivity contribution < 1.29 is 23.7 Å². The second kappa shape index (κ2) is 7.18. The molecule has 2 heterocycles. The van der Waals surface area contributed by atoms with Crippen LogP contribution in [0.4, 0.5) is 0 Å². The highest BCUT2D eigenvalue weighted by atomic mass is 16.7. The zero-order valence-electron chi connectivity index (χ0n) is 13.8. The number of carbonyl (C=O) groups excluding carboxylic acids is 1. The molecule has 4 rings (SSSR count). The summed E-state index contributed by atoms with van der Waals surface area (Å²) in [5.74, 6) is 2.26. The predicted octanol–water partition coefficient (Wildman–Crippen LogP) is 2.37. The van der Waals surface area contributed by atoms with E-state index in [0.29, 0.717) is 17.2 Å². The Balaban J connectivity index is 1.29. The third-order valence-electron chi connectivity index (χ3n) is 3.82. The number of amides is 1. The van der Waals surface area contributed by atoms with E-state index in [2.05, 4.69) is 10.5 Å². The molecule has 0 spiro atoms. The normalized spacial score (nSPS) is 17.6. The maximum Gasteiger partial charge on any atom is 0.284 e. The number of hydrazone groups is 1. The van der Waals surface area contributed by atoms with Crippen molar-refractivity contribution in [3.8, 4) is 23.0 Å². The minimum atomic E-state index is -0.736. The highest BCUT2D eigenvalue weighted by Crippen LogP contribution is 2.33. The molecule has 7 nitrogen and oxygen atoms in total. The van der Waals surface area contributed by atoms with Gasteiger partial charge in [0.15, 0.2) is 23.0 Å². The molecule has 0 fully saturated rings. The number of ether oxygens (including phenoxy) is 4. The van der Waals surface area contributed by atoms with E-state index in [-0.39, 0.29) is 19.3 Å². The largest absolute Gasteiger partial charge is 0.485 e. The van der Waals surface area contributed by atoms with E-state index in [1.165, 1.54) is 6.21 Å². The van der Waals surface area contributed by atoms with Crippen LogP contribution < -0.4 is 24.4 Å². The van der Waals surface area contributed by atoms with Crippen LogP contribution in [0.5, 0.6) is 23.0 Å². The molecule has 1 amide bonds. The van der Waals surface area contributed by atoms with E-state index in [1.54, 1.807) is 18.2 Å². The Morgan fingerprint density at radius 1 is 1.04 bits per heavy atom. The number of fused-ring (bicyclic) bond motifs is 2. The summed E-state index contributed by atoms with van der Waals surface area (Å²) in [5.41, 5.74) is 3.38. The lowest BCUT2D eigenvalue weighted by Gasteiger charge is -2.24. The lowest BCUT2D eigenvalue weighted by Crippen LogP contribution is -2.42. The Morgan fingerprint density at radius 2 is 1.85 bits per heavy atom. The molecule has 2 aliphatic rings. The lowest BCUT2D eigenvalue weighted by atomic mass is 10.2. The van der Waals surface area contributed by atoms with Gasteiger partial charge in [0.2, 0.25) is 12.9 Å². The fraction of sp³-hybridized carbons (Fsp3) is 0.158. The third-order valence-corrected chi connectivity index (χ3v) is 3.82. The van der Waals surface area contributed by atoms with Gasteiger partial charge in [0, 0.05) is 6.21 Å². The topological polar surface area (TPSA) is 78.4 Å². The van der Waals surface area contributed by atoms with E-state index in [0.717, 1.165) is 11.3 Å². The number of carbonyl (C=O) groups is 1. The molecule has 1 atom stereocenters. The monoisotopic (exact) mass is 352 g/mol. The Labute approximate surface area is 149 Å². The lowest BCUT2D eigenvalue weighted by molar-refractivity contribution is -0.130. The van der Waals surface area contributed by atoms with Crippen LogP contribution in [0.1, 0.15) is 5.56 Å². The van der Waals surface area contributed by atoms with Crippen molar-refractivity contribution in [1.29, 1.82) is 0 Å². The molecule has 2 aromatic rings. The SMILES string of the molecule is O=C(N/N=C\C=C\c1ccc2c(c1)OCO2)[C@@H]1COc2ccccc2O1. The highest BCUT2D eigenvalue weighted by molar-refractivity contribution is 5.84. The van der Waals surface area contributed by atoms with Crippen LogP contribution in [0, 0.1) is 0 Å². The number of benzene rings is 2. The number of rotatable bonds is 4. The fourth-order valence-corrected chi connectivity index (χ4v) is 2.54. The standard InChI is InChI=1S/C19H16N2O5/c22-19(18-11-23-14-5-1-2-6-16(14)26-18)21-20-9-3-4-13-7-8-15-17(10-13)25-12-24-15/h1-10,18H,11-12H2,(H,21,22)/b4-3+,20-9-/t18-/m0/s1. The zero-order chi connectivity index (χ0) is 17.8. The van der Waals surface area contributed by atoms with Gasteiger partial charge in [-0.25, -0.2) is 5.43 Å². The number of nitrogens with zero attached hydrogens (tertiary/aromatic N) is 1. The molecule has 132 valence electrons. The summed E-state index contributed by atoms with van der Waals surface area (Å²) >= 11 is 0. The molecule has 2 aliphatic heterocycles. The van der Waals surface area contributed by atoms with E-state index >= 15 is 0 Å². The molecule has 0 saturated carbocycles. The minimum Gasteiger partial charge on any atom is -0.485 e. The van der Waals surface area contributed by atoms with Crippen molar-refractivity contribution in [2.45, 2.75) is 6.10 Å². The van der Waals surface area contributed by atoms with Crippen molar-refractivity contribution in [2.75, 3.05) is 13.4 Å². The number of allylic oxidation sites excluding steroid dienone is 1. The smallest absolute Gasteiger partial charge is 0.284 e. The first-order chi connectivity index (χ1) is 12.8. The molecule has 0 saturated heterocycles. The van der Waals surface area contributed by atoms with E-state index < -0.39 is 6.10 Å². The summed E-state index contributed by atoms with van der Waals surface area (Å²) in [7, 11) is 0. The van der Waals surface area contributed by atoms with Crippen LogP contribution >= 0.6 is 0 Å². The van der Waals surface area contributed by atoms with Crippen molar-refractivity contribution in [3.05, 3.63) is 54.1 Å². The molecule has 0 unspecified atom stereocenters. The van der Waals surface area contributed by atoms with Gasteiger partial charge < -0.3 is 18.9 Å². The maximum atomic E-state index is 12.1. The Hall–Kier alpha value is -3.48. The van der Waals surface area contributed by atoms with Crippen LogP contribution in [-0.2, 0) is 4.79 Å². The molecule has 0 aliphatic carbocycles. The molecule has 7 heteroatoms. The van der Waals surface area contributed by atoms with Gasteiger partial charge in [0.05, 0.1) is 0 Å². The van der Waals surface area contributed by atoms with Crippen LogP contribution in [0.25, 0.3) is 6.08 Å². The van der Waals surface area contributed by atoms with Crippen molar-refractivity contribution in [3.63, 3.8) is 0 Å². The number of hydrogen-bond donors (Lipinski definition) is 1. The Bertz CT molecular complexity index is 878. The maximum absolute atomic E-state index is 12.1. The van der Waals surface area contributed by atoms with Gasteiger partial charge in [0.25, 0.3) is 5.91 Å². The summed E-state index contributed by atoms with van der Waals surface area (Å²) in [5, 5.41) is 3.89. The molecule has 0 radical (unpaired) electrons. The quantitative estimate of drug-likeness (QED) is 0.675. The van der Waals surface area contributed by atoms with Crippen molar-refractivity contribution in [1.82, 2.24) is 5.43 Å². The first-order valence-corrected chi connectivity index (χ1v) is 8.07. The predicted molar refractivity (Wildman–Crippen MR) is 94.6 cm³/mol. The summed E-state index contributed by atoms with van der Waals surface area (Å²) in [4.78, 5) is 12.1. The van der Waals surface area contributed by atoms with E-state index in [4.69, 9.17) is 18.9 Å². The Kier molecular flexibility index (Phi) is 4.42. The van der Waals surface area contributed by atoms with Crippen LogP contribution in [0.15, 0.2) is 53.6 Å². The molecule has 0 aromatic heterocycles. The van der Waals surface area contributed by atoms with Crippen molar-refractivity contribution in [2.24, 2.45) is 5.10 Å². The van der Waals surface area contributed by atoms with Gasteiger partial charge in [-0.1, -0.05) is 24.3 Å². The fourth-order valence-electron chi connectivity index (χ4n) is 2.54. The first kappa shape index (κ1) is 16.0. The average molecular weight is 352 g/mol. The van der Waals surface area contributed by atoms with Crippen LogP contribution in [0.2, 0.25) is 0 Å². The highest BCUT2D eigenvalue weighted by Gasteiger charge is 2.26. The van der Waals surface area contributed by atoms with Gasteiger partial charge in [-0.2, -0.15) is 5.10 Å². The summed E-state index contributed by atoms with van der Waals surface area (Å²) in [6.45, 7) is 0.388. The van der Waals surface area contributed by atoms with E-state index in [1.807, 2.05) is 36.4 Å². The van der Waals surface area contributed by atoms with E-state index in [9.17, 15) is 4.79 Å². The zero-order valence-corrected chi connectivity index (χ0v) is 13.8.